The van der Waals surface area contributed by atoms with Crippen molar-refractivity contribution in [2.24, 2.45) is 12.8 Å². The second-order valence-corrected chi connectivity index (χ2v) is 7.85. The molecule has 0 saturated heterocycles. The average molecular weight is 437 g/mol. The predicted molar refractivity (Wildman–Crippen MR) is 126 cm³/mol. The van der Waals surface area contributed by atoms with E-state index in [9.17, 15) is 4.79 Å². The van der Waals surface area contributed by atoms with Crippen molar-refractivity contribution in [1.82, 2.24) is 14.9 Å². The third-order valence-corrected chi connectivity index (χ3v) is 5.95. The van der Waals surface area contributed by atoms with Crippen molar-refractivity contribution in [3.63, 3.8) is 0 Å². The van der Waals surface area contributed by atoms with Crippen LogP contribution < -0.4 is 16.4 Å². The number of hydrogen-bond acceptors (Lipinski definition) is 8. The molecular formula is C21H24N8OS. The van der Waals surface area contributed by atoms with Crippen LogP contribution in [-0.4, -0.2) is 41.1 Å². The van der Waals surface area contributed by atoms with Crippen molar-refractivity contribution in [3.8, 4) is 0 Å². The van der Waals surface area contributed by atoms with Crippen molar-refractivity contribution < 1.29 is 4.79 Å². The quantitative estimate of drug-likeness (QED) is 0.285. The van der Waals surface area contributed by atoms with Gasteiger partial charge in [0.25, 0.3) is 5.91 Å². The van der Waals surface area contributed by atoms with Crippen molar-refractivity contribution >= 4 is 51.9 Å². The molecule has 0 radical (unpaired) electrons. The highest BCUT2D eigenvalue weighted by Gasteiger charge is 2.23. The number of aryl methyl sites for hydroxylation is 1. The summed E-state index contributed by atoms with van der Waals surface area (Å²) in [6, 6.07) is 5.60. The van der Waals surface area contributed by atoms with Gasteiger partial charge in [0.2, 0.25) is 0 Å². The maximum absolute atomic E-state index is 13.0. The van der Waals surface area contributed by atoms with Crippen molar-refractivity contribution in [3.05, 3.63) is 57.4 Å². The largest absolute Gasteiger partial charge is 0.402 e. The number of benzene rings is 1. The summed E-state index contributed by atoms with van der Waals surface area (Å²) < 4.78 is 2.43. The van der Waals surface area contributed by atoms with E-state index in [1.165, 1.54) is 29.8 Å². The highest BCUT2D eigenvalue weighted by molar-refractivity contribution is 7.19. The molecule has 0 fully saturated rings. The SMILES string of the molecule is CNc1cccc(CNC(=O)c2c(C=N)c3sc(CC(N)=CC=N)nc3n2C)c1C=N. The molecule has 0 aliphatic rings. The molecule has 0 atom stereocenters. The lowest BCUT2D eigenvalue weighted by molar-refractivity contribution is 0.0943. The number of nitrogens with zero attached hydrogens (tertiary/aromatic N) is 2. The second kappa shape index (κ2) is 9.35. The molecule has 0 aliphatic heterocycles. The van der Waals surface area contributed by atoms with E-state index >= 15 is 0 Å². The number of nitrogens with one attached hydrogen (secondary N) is 5. The zero-order chi connectivity index (χ0) is 22.5. The van der Waals surface area contributed by atoms with E-state index in [1.54, 1.807) is 18.7 Å². The van der Waals surface area contributed by atoms with Crippen LogP contribution in [0.2, 0.25) is 0 Å². The van der Waals surface area contributed by atoms with Gasteiger partial charge < -0.3 is 37.2 Å². The Kier molecular flexibility index (Phi) is 6.61. The lowest BCUT2D eigenvalue weighted by Crippen LogP contribution is -2.26. The standard InChI is InChI=1S/C21H24N8OS/c1-26-16-5-3-4-12(14(16)9-23)11-27-21(30)18-15(10-24)19-20(29(18)2)28-17(31-19)8-13(25)6-7-22/h3-7,9-10,22-24,26H,8,11,25H2,1-2H3,(H,27,30). The molecule has 3 aromatic rings. The number of rotatable bonds is 9. The maximum Gasteiger partial charge on any atom is 0.268 e. The zero-order valence-electron chi connectivity index (χ0n) is 17.2. The van der Waals surface area contributed by atoms with Gasteiger partial charge in [-0.1, -0.05) is 12.1 Å². The molecule has 0 saturated carbocycles. The van der Waals surface area contributed by atoms with Gasteiger partial charge in [-0.2, -0.15) is 0 Å². The predicted octanol–water partition coefficient (Wildman–Crippen LogP) is 2.64. The Balaban J connectivity index is 1.89. The van der Waals surface area contributed by atoms with Gasteiger partial charge >= 0.3 is 0 Å². The highest BCUT2D eigenvalue weighted by atomic mass is 32.1. The van der Waals surface area contributed by atoms with E-state index in [1.807, 2.05) is 18.2 Å². The van der Waals surface area contributed by atoms with Crippen molar-refractivity contribution in [2.75, 3.05) is 12.4 Å². The molecule has 0 spiro atoms. The number of carbonyl (C=O) groups excluding carboxylic acids is 1. The van der Waals surface area contributed by atoms with Crippen LogP contribution in [0.15, 0.2) is 30.0 Å². The molecule has 0 unspecified atom stereocenters. The summed E-state index contributed by atoms with van der Waals surface area (Å²) in [5, 5.41) is 29.3. The molecular weight excluding hydrogens is 412 g/mol. The van der Waals surface area contributed by atoms with Gasteiger partial charge in [0.05, 0.1) is 4.70 Å². The summed E-state index contributed by atoms with van der Waals surface area (Å²) >= 11 is 1.38. The number of amides is 1. The Morgan fingerprint density at radius 3 is 2.65 bits per heavy atom. The molecule has 1 amide bonds. The number of thiazole rings is 1. The number of hydrogen-bond donors (Lipinski definition) is 6. The smallest absolute Gasteiger partial charge is 0.268 e. The summed E-state index contributed by atoms with van der Waals surface area (Å²) in [5.74, 6) is -0.318. The molecule has 31 heavy (non-hydrogen) atoms. The fraction of sp³-hybridized carbons (Fsp3) is 0.190. The van der Waals surface area contributed by atoms with Gasteiger partial charge in [0.15, 0.2) is 5.65 Å². The average Bonchev–Trinajstić information content (AvgIpc) is 3.28. The number of anilines is 1. The second-order valence-electron chi connectivity index (χ2n) is 6.77. The first-order valence-electron chi connectivity index (χ1n) is 9.47. The topological polar surface area (TPSA) is 157 Å². The highest BCUT2D eigenvalue weighted by Crippen LogP contribution is 2.30. The maximum atomic E-state index is 13.0. The van der Waals surface area contributed by atoms with E-state index in [4.69, 9.17) is 22.0 Å². The van der Waals surface area contributed by atoms with E-state index in [0.717, 1.165) is 27.2 Å². The van der Waals surface area contributed by atoms with Crippen LogP contribution in [0.3, 0.4) is 0 Å². The van der Waals surface area contributed by atoms with E-state index in [-0.39, 0.29) is 12.5 Å². The number of carbonyl (C=O) groups is 1. The molecule has 2 heterocycles. The summed E-state index contributed by atoms with van der Waals surface area (Å²) in [4.78, 5) is 17.6. The molecule has 1 aromatic carbocycles. The monoisotopic (exact) mass is 436 g/mol. The van der Waals surface area contributed by atoms with E-state index in [2.05, 4.69) is 15.6 Å². The molecule has 3 rings (SSSR count). The number of fused-ring (bicyclic) bond motifs is 1. The lowest BCUT2D eigenvalue weighted by atomic mass is 10.1. The van der Waals surface area contributed by atoms with Crippen LogP contribution >= 0.6 is 11.3 Å². The van der Waals surface area contributed by atoms with Crippen LogP contribution in [0, 0.1) is 16.2 Å². The first-order chi connectivity index (χ1) is 14.9. The minimum Gasteiger partial charge on any atom is -0.402 e. The Hall–Kier alpha value is -3.79. The van der Waals surface area contributed by atoms with Crippen LogP contribution in [-0.2, 0) is 20.0 Å². The van der Waals surface area contributed by atoms with Crippen molar-refractivity contribution in [1.29, 1.82) is 16.2 Å². The molecule has 2 aromatic heterocycles. The van der Waals surface area contributed by atoms with Gasteiger partial charge in [0, 0.05) is 68.2 Å². The zero-order valence-corrected chi connectivity index (χ0v) is 18.1. The summed E-state index contributed by atoms with van der Waals surface area (Å²) in [7, 11) is 3.53. The Morgan fingerprint density at radius 1 is 1.26 bits per heavy atom. The first-order valence-corrected chi connectivity index (χ1v) is 10.3. The van der Waals surface area contributed by atoms with Crippen molar-refractivity contribution in [2.45, 2.75) is 13.0 Å². The Bertz CT molecular complexity index is 1200. The Labute approximate surface area is 183 Å². The summed E-state index contributed by atoms with van der Waals surface area (Å²) in [5.41, 5.74) is 10.2. The summed E-state index contributed by atoms with van der Waals surface area (Å²) in [6.07, 6.45) is 5.47. The van der Waals surface area contributed by atoms with Gasteiger partial charge in [-0.05, 0) is 17.7 Å². The third kappa shape index (κ3) is 4.24. The molecule has 160 valence electrons. The van der Waals surface area contributed by atoms with Crippen LogP contribution in [0.5, 0.6) is 0 Å². The molecule has 7 N–H and O–H groups in total. The number of aromatic nitrogens is 2. The number of allylic oxidation sites excluding steroid dienone is 2. The lowest BCUT2D eigenvalue weighted by Gasteiger charge is -2.12. The van der Waals surface area contributed by atoms with Gasteiger partial charge in [-0.15, -0.1) is 11.3 Å². The molecule has 0 aliphatic carbocycles. The summed E-state index contributed by atoms with van der Waals surface area (Å²) in [6.45, 7) is 0.249. The van der Waals surface area contributed by atoms with Gasteiger partial charge in [-0.3, -0.25) is 4.79 Å². The normalized spacial score (nSPS) is 11.4. The third-order valence-electron chi connectivity index (χ3n) is 4.87. The molecule has 10 heteroatoms. The molecule has 0 bridgehead atoms. The van der Waals surface area contributed by atoms with Crippen LogP contribution in [0.1, 0.15) is 32.2 Å². The fourth-order valence-corrected chi connectivity index (χ4v) is 4.54. The van der Waals surface area contributed by atoms with Crippen LogP contribution in [0.4, 0.5) is 5.69 Å². The van der Waals surface area contributed by atoms with E-state index < -0.39 is 0 Å². The fourth-order valence-electron chi connectivity index (χ4n) is 3.39. The van der Waals surface area contributed by atoms with Crippen LogP contribution in [0.25, 0.3) is 10.3 Å². The van der Waals surface area contributed by atoms with Gasteiger partial charge in [0.1, 0.15) is 10.7 Å². The number of nitrogens with two attached hydrogens (primary N) is 1. The minimum atomic E-state index is -0.318. The van der Waals surface area contributed by atoms with Gasteiger partial charge in [-0.25, -0.2) is 4.98 Å². The minimum absolute atomic E-state index is 0.249. The molecule has 9 nitrogen and oxygen atoms in total. The van der Waals surface area contributed by atoms with E-state index in [0.29, 0.717) is 34.6 Å². The first kappa shape index (κ1) is 21.9. The Morgan fingerprint density at radius 2 is 2.00 bits per heavy atom.